The summed E-state index contributed by atoms with van der Waals surface area (Å²) in [5, 5.41) is 15.9. The molecule has 3 aromatic rings. The van der Waals surface area contributed by atoms with Gasteiger partial charge in [0.2, 0.25) is 0 Å². The fourth-order valence-corrected chi connectivity index (χ4v) is 4.00. The average molecular weight is 427 g/mol. The summed E-state index contributed by atoms with van der Waals surface area (Å²) in [4.78, 5) is 19.8. The Hall–Kier alpha value is -3.54. The molecule has 3 N–H and O–H groups in total. The van der Waals surface area contributed by atoms with Crippen molar-refractivity contribution in [1.82, 2.24) is 15.3 Å². The number of H-pyrrole nitrogens is 1. The van der Waals surface area contributed by atoms with Crippen molar-refractivity contribution in [3.05, 3.63) is 59.5 Å². The number of carbonyl (C=O) groups is 1. The van der Waals surface area contributed by atoms with Crippen LogP contribution in [-0.4, -0.2) is 28.0 Å². The molecular formula is C22H20F3N5O. The number of nitrogens with one attached hydrogen (secondary N) is 3. The van der Waals surface area contributed by atoms with Crippen LogP contribution < -0.4 is 10.6 Å². The summed E-state index contributed by atoms with van der Waals surface area (Å²) in [7, 11) is 0. The van der Waals surface area contributed by atoms with E-state index >= 15 is 0 Å². The van der Waals surface area contributed by atoms with Gasteiger partial charge in [0.15, 0.2) is 0 Å². The molecule has 1 aliphatic rings. The molecule has 0 aliphatic heterocycles. The van der Waals surface area contributed by atoms with Gasteiger partial charge < -0.3 is 15.6 Å². The third-order valence-electron chi connectivity index (χ3n) is 5.61. The first-order chi connectivity index (χ1) is 14.8. The SMILES string of the molecule is N#Cc1ccc(N[C@H]2CC[C@@H](NC(=O)c3c[nH]c4ccncc34)CC2)cc1C(F)(F)F. The molecule has 0 spiro atoms. The summed E-state index contributed by atoms with van der Waals surface area (Å²) < 4.78 is 39.5. The summed E-state index contributed by atoms with van der Waals surface area (Å²) >= 11 is 0. The fraction of sp³-hybridized carbons (Fsp3) is 0.318. The van der Waals surface area contributed by atoms with Crippen molar-refractivity contribution < 1.29 is 18.0 Å². The fourth-order valence-electron chi connectivity index (χ4n) is 4.00. The Morgan fingerprint density at radius 2 is 1.90 bits per heavy atom. The zero-order valence-corrected chi connectivity index (χ0v) is 16.5. The Morgan fingerprint density at radius 1 is 1.16 bits per heavy atom. The number of pyridine rings is 1. The van der Waals surface area contributed by atoms with E-state index in [1.165, 1.54) is 12.1 Å². The van der Waals surface area contributed by atoms with Crippen molar-refractivity contribution in [1.29, 1.82) is 5.26 Å². The summed E-state index contributed by atoms with van der Waals surface area (Å²) in [6.45, 7) is 0. The van der Waals surface area contributed by atoms with Crippen LogP contribution in [0.15, 0.2) is 42.9 Å². The monoisotopic (exact) mass is 427 g/mol. The van der Waals surface area contributed by atoms with Gasteiger partial charge in [-0.25, -0.2) is 0 Å². The van der Waals surface area contributed by atoms with E-state index in [2.05, 4.69) is 20.6 Å². The molecule has 2 heterocycles. The predicted octanol–water partition coefficient (Wildman–Crippen LogP) is 4.61. The van der Waals surface area contributed by atoms with Crippen LogP contribution in [-0.2, 0) is 6.18 Å². The number of rotatable bonds is 4. The van der Waals surface area contributed by atoms with E-state index < -0.39 is 17.3 Å². The summed E-state index contributed by atoms with van der Waals surface area (Å²) in [5.41, 5.74) is 0.394. The summed E-state index contributed by atoms with van der Waals surface area (Å²) in [5.74, 6) is -0.169. The highest BCUT2D eigenvalue weighted by atomic mass is 19.4. The van der Waals surface area contributed by atoms with Crippen LogP contribution in [0, 0.1) is 11.3 Å². The van der Waals surface area contributed by atoms with Gasteiger partial charge in [0.1, 0.15) is 0 Å². The largest absolute Gasteiger partial charge is 0.417 e. The van der Waals surface area contributed by atoms with Crippen molar-refractivity contribution in [3.8, 4) is 6.07 Å². The third kappa shape index (κ3) is 4.48. The van der Waals surface area contributed by atoms with E-state index in [-0.39, 0.29) is 18.0 Å². The number of fused-ring (bicyclic) bond motifs is 1. The van der Waals surface area contributed by atoms with Gasteiger partial charge in [-0.3, -0.25) is 9.78 Å². The molecule has 31 heavy (non-hydrogen) atoms. The van der Waals surface area contributed by atoms with Crippen LogP contribution in [0.3, 0.4) is 0 Å². The molecule has 2 aromatic heterocycles. The molecule has 0 unspecified atom stereocenters. The number of hydrogen-bond donors (Lipinski definition) is 3. The van der Waals surface area contributed by atoms with Crippen LogP contribution in [0.1, 0.15) is 47.2 Å². The van der Waals surface area contributed by atoms with E-state index in [4.69, 9.17) is 5.26 Å². The molecule has 1 aromatic carbocycles. The van der Waals surface area contributed by atoms with Crippen LogP contribution >= 0.6 is 0 Å². The highest BCUT2D eigenvalue weighted by molar-refractivity contribution is 6.06. The summed E-state index contributed by atoms with van der Waals surface area (Å²) in [6, 6.07) is 7.05. The number of nitriles is 1. The second kappa shape index (κ2) is 8.30. The maximum absolute atomic E-state index is 13.2. The van der Waals surface area contributed by atoms with Crippen molar-refractivity contribution in [2.45, 2.75) is 43.9 Å². The molecule has 0 saturated heterocycles. The van der Waals surface area contributed by atoms with Gasteiger partial charge in [-0.2, -0.15) is 18.4 Å². The quantitative estimate of drug-likeness (QED) is 0.567. The number of hydrogen-bond acceptors (Lipinski definition) is 4. The van der Waals surface area contributed by atoms with Crippen LogP contribution in [0.4, 0.5) is 18.9 Å². The molecule has 1 amide bonds. The number of carbonyl (C=O) groups excluding carboxylic acids is 1. The van der Waals surface area contributed by atoms with Crippen LogP contribution in [0.5, 0.6) is 0 Å². The minimum atomic E-state index is -4.58. The van der Waals surface area contributed by atoms with Gasteiger partial charge >= 0.3 is 6.18 Å². The van der Waals surface area contributed by atoms with Crippen LogP contribution in [0.25, 0.3) is 10.9 Å². The average Bonchev–Trinajstić information content (AvgIpc) is 3.19. The van der Waals surface area contributed by atoms with E-state index in [0.717, 1.165) is 17.0 Å². The maximum atomic E-state index is 13.2. The number of nitrogens with zero attached hydrogens (tertiary/aromatic N) is 2. The normalized spacial score (nSPS) is 19.0. The first-order valence-corrected chi connectivity index (χ1v) is 9.95. The van der Waals surface area contributed by atoms with Crippen LogP contribution in [0.2, 0.25) is 0 Å². The topological polar surface area (TPSA) is 93.6 Å². The van der Waals surface area contributed by atoms with Gasteiger partial charge in [0.05, 0.1) is 22.8 Å². The van der Waals surface area contributed by atoms with E-state index in [1.807, 2.05) is 0 Å². The Balaban J connectivity index is 1.35. The molecule has 1 fully saturated rings. The Morgan fingerprint density at radius 3 is 2.61 bits per heavy atom. The lowest BCUT2D eigenvalue weighted by Crippen LogP contribution is -2.40. The molecule has 9 heteroatoms. The highest BCUT2D eigenvalue weighted by Gasteiger charge is 2.34. The van der Waals surface area contributed by atoms with Gasteiger partial charge in [-0.1, -0.05) is 0 Å². The minimum Gasteiger partial charge on any atom is -0.382 e. The molecule has 4 rings (SSSR count). The van der Waals surface area contributed by atoms with E-state index in [1.54, 1.807) is 30.7 Å². The van der Waals surface area contributed by atoms with Crippen molar-refractivity contribution >= 4 is 22.5 Å². The third-order valence-corrected chi connectivity index (χ3v) is 5.61. The molecule has 1 aliphatic carbocycles. The second-order valence-electron chi connectivity index (χ2n) is 7.66. The minimum absolute atomic E-state index is 0.000500. The molecular weight excluding hydrogens is 407 g/mol. The highest BCUT2D eigenvalue weighted by Crippen LogP contribution is 2.34. The standard InChI is InChI=1S/C22H20F3N5O/c23-22(24,25)19-9-16(2-1-13(19)10-26)29-14-3-5-15(6-4-14)30-21(31)18-12-28-20-7-8-27-11-17(18)20/h1-2,7-9,11-12,14-15,28-29H,3-6H2,(H,30,31)/t14-,15+. The molecule has 0 bridgehead atoms. The van der Waals surface area contributed by atoms with E-state index in [9.17, 15) is 18.0 Å². The number of aromatic amines is 1. The number of aromatic nitrogens is 2. The Labute approximate surface area is 176 Å². The lowest BCUT2D eigenvalue weighted by Gasteiger charge is -2.30. The van der Waals surface area contributed by atoms with Gasteiger partial charge in [-0.05, 0) is 49.9 Å². The maximum Gasteiger partial charge on any atom is 0.417 e. The van der Waals surface area contributed by atoms with Crippen molar-refractivity contribution in [2.24, 2.45) is 0 Å². The van der Waals surface area contributed by atoms with Gasteiger partial charge in [0.25, 0.3) is 5.91 Å². The first-order valence-electron chi connectivity index (χ1n) is 9.95. The van der Waals surface area contributed by atoms with Crippen molar-refractivity contribution in [2.75, 3.05) is 5.32 Å². The Kier molecular flexibility index (Phi) is 5.55. The van der Waals surface area contributed by atoms with Crippen molar-refractivity contribution in [3.63, 3.8) is 0 Å². The van der Waals surface area contributed by atoms with Gasteiger partial charge in [0, 0.05) is 47.3 Å². The summed E-state index contributed by atoms with van der Waals surface area (Å²) in [6.07, 6.45) is 3.23. The predicted molar refractivity (Wildman–Crippen MR) is 109 cm³/mol. The Bertz CT molecular complexity index is 1140. The first kappa shape index (κ1) is 20.7. The molecule has 0 atom stereocenters. The second-order valence-corrected chi connectivity index (χ2v) is 7.66. The lowest BCUT2D eigenvalue weighted by molar-refractivity contribution is -0.137. The number of anilines is 1. The smallest absolute Gasteiger partial charge is 0.382 e. The molecule has 160 valence electrons. The number of alkyl halides is 3. The molecule has 6 nitrogen and oxygen atoms in total. The van der Waals surface area contributed by atoms with E-state index in [0.29, 0.717) is 36.9 Å². The number of halogens is 3. The number of amides is 1. The molecule has 1 saturated carbocycles. The van der Waals surface area contributed by atoms with Gasteiger partial charge in [-0.15, -0.1) is 0 Å². The number of benzene rings is 1. The molecule has 0 radical (unpaired) electrons. The zero-order chi connectivity index (χ0) is 22.0. The zero-order valence-electron chi connectivity index (χ0n) is 16.5. The lowest BCUT2D eigenvalue weighted by atomic mass is 9.90.